The number of aromatic nitrogens is 1. The van der Waals surface area contributed by atoms with Gasteiger partial charge >= 0.3 is 0 Å². The maximum absolute atomic E-state index is 11.3. The molecule has 96 valence electrons. The summed E-state index contributed by atoms with van der Waals surface area (Å²) in [5.74, 6) is 0.714. The molecule has 2 heterocycles. The van der Waals surface area contributed by atoms with E-state index in [4.69, 9.17) is 0 Å². The smallest absolute Gasteiger partial charge is 0.224 e. The third-order valence-corrected chi connectivity index (χ3v) is 3.26. The van der Waals surface area contributed by atoms with E-state index in [1.165, 1.54) is 5.57 Å². The molecule has 0 atom stereocenters. The van der Waals surface area contributed by atoms with Crippen LogP contribution in [0.5, 0.6) is 0 Å². The second kappa shape index (κ2) is 5.31. The predicted octanol–water partition coefficient (Wildman–Crippen LogP) is 1.83. The van der Waals surface area contributed by atoms with Gasteiger partial charge in [0.25, 0.3) is 0 Å². The number of carbonyl (C=O) groups is 1. The van der Waals surface area contributed by atoms with E-state index in [-0.39, 0.29) is 5.91 Å². The van der Waals surface area contributed by atoms with Crippen molar-refractivity contribution in [3.05, 3.63) is 35.5 Å². The van der Waals surface area contributed by atoms with Gasteiger partial charge in [-0.1, -0.05) is 12.1 Å². The molecule has 4 nitrogen and oxygen atoms in total. The number of hydrogen-bond donors (Lipinski definition) is 0. The fourth-order valence-corrected chi connectivity index (χ4v) is 1.95. The van der Waals surface area contributed by atoms with E-state index in [1.54, 1.807) is 18.9 Å². The number of pyridine rings is 1. The van der Waals surface area contributed by atoms with Crippen molar-refractivity contribution >= 4 is 11.7 Å². The van der Waals surface area contributed by atoms with Crippen LogP contribution < -0.4 is 4.90 Å². The Balaban J connectivity index is 2.02. The molecule has 4 heteroatoms. The Morgan fingerprint density at radius 1 is 1.50 bits per heavy atom. The molecule has 1 amide bonds. The van der Waals surface area contributed by atoms with E-state index >= 15 is 0 Å². The van der Waals surface area contributed by atoms with Crippen molar-refractivity contribution < 1.29 is 4.79 Å². The average molecular weight is 245 g/mol. The van der Waals surface area contributed by atoms with Gasteiger partial charge in [-0.3, -0.25) is 9.69 Å². The lowest BCUT2D eigenvalue weighted by molar-refractivity contribution is -0.116. The fourth-order valence-electron chi connectivity index (χ4n) is 1.95. The van der Waals surface area contributed by atoms with Gasteiger partial charge in [0.2, 0.25) is 5.91 Å². The first-order valence-corrected chi connectivity index (χ1v) is 6.17. The average Bonchev–Trinajstić information content (AvgIpc) is 2.32. The summed E-state index contributed by atoms with van der Waals surface area (Å²) in [6.45, 7) is 6.53. The van der Waals surface area contributed by atoms with Crippen LogP contribution in [-0.2, 0) is 11.3 Å². The van der Waals surface area contributed by atoms with Crippen LogP contribution in [0, 0.1) is 0 Å². The maximum Gasteiger partial charge on any atom is 0.224 e. The summed E-state index contributed by atoms with van der Waals surface area (Å²) in [5, 5.41) is 0. The normalized spacial score (nSPS) is 15.2. The third kappa shape index (κ3) is 2.76. The van der Waals surface area contributed by atoms with Crippen molar-refractivity contribution in [1.29, 1.82) is 0 Å². The van der Waals surface area contributed by atoms with Crippen molar-refractivity contribution in [1.82, 2.24) is 9.88 Å². The molecule has 0 aromatic carbocycles. The summed E-state index contributed by atoms with van der Waals surface area (Å²) in [5.41, 5.74) is 2.49. The Bertz CT molecular complexity index is 474. The topological polar surface area (TPSA) is 36.4 Å². The second-order valence-electron chi connectivity index (χ2n) is 4.66. The number of rotatable bonds is 3. The van der Waals surface area contributed by atoms with Gasteiger partial charge < -0.3 is 4.90 Å². The molecular weight excluding hydrogens is 226 g/mol. The molecule has 1 saturated heterocycles. The molecule has 1 aromatic rings. The standard InChI is InChI=1S/C14H19N3O/c1-4-12-8-17(9-12)10-13-6-5-7-14(15-13)16(3)11(2)18/h4-7H,8-10H2,1-3H3. The predicted molar refractivity (Wildman–Crippen MR) is 72.4 cm³/mol. The SMILES string of the molecule is CC=C1CN(Cc2cccc(N(C)C(C)=O)n2)C1. The monoisotopic (exact) mass is 245 g/mol. The molecule has 0 saturated carbocycles. The third-order valence-electron chi connectivity index (χ3n) is 3.26. The fraction of sp³-hybridized carbons (Fsp3) is 0.429. The summed E-state index contributed by atoms with van der Waals surface area (Å²) in [4.78, 5) is 19.7. The lowest BCUT2D eigenvalue weighted by Crippen LogP contribution is -2.39. The van der Waals surface area contributed by atoms with Gasteiger partial charge in [-0.2, -0.15) is 0 Å². The lowest BCUT2D eigenvalue weighted by Gasteiger charge is -2.33. The molecule has 1 aliphatic heterocycles. The van der Waals surface area contributed by atoms with E-state index in [2.05, 4.69) is 22.9 Å². The van der Waals surface area contributed by atoms with Crippen molar-refractivity contribution in [2.24, 2.45) is 0 Å². The molecule has 1 aliphatic rings. The van der Waals surface area contributed by atoms with Crippen molar-refractivity contribution in [3.63, 3.8) is 0 Å². The quantitative estimate of drug-likeness (QED) is 0.762. The van der Waals surface area contributed by atoms with Crippen LogP contribution in [0.1, 0.15) is 19.5 Å². The first-order valence-electron chi connectivity index (χ1n) is 6.17. The summed E-state index contributed by atoms with van der Waals surface area (Å²) < 4.78 is 0. The molecule has 0 spiro atoms. The van der Waals surface area contributed by atoms with E-state index < -0.39 is 0 Å². The van der Waals surface area contributed by atoms with E-state index in [9.17, 15) is 4.79 Å². The molecule has 18 heavy (non-hydrogen) atoms. The van der Waals surface area contributed by atoms with Crippen LogP contribution in [0.4, 0.5) is 5.82 Å². The highest BCUT2D eigenvalue weighted by molar-refractivity contribution is 5.89. The Hall–Kier alpha value is -1.68. The zero-order valence-corrected chi connectivity index (χ0v) is 11.2. The minimum absolute atomic E-state index is 0.000183. The van der Waals surface area contributed by atoms with Gasteiger partial charge in [0.05, 0.1) is 5.69 Å². The molecule has 2 rings (SSSR count). The molecule has 0 aliphatic carbocycles. The van der Waals surface area contributed by atoms with Crippen LogP contribution in [-0.4, -0.2) is 35.9 Å². The number of amides is 1. The lowest BCUT2D eigenvalue weighted by atomic mass is 10.1. The van der Waals surface area contributed by atoms with Gasteiger partial charge in [-0.25, -0.2) is 4.98 Å². The number of allylic oxidation sites excluding steroid dienone is 1. The van der Waals surface area contributed by atoms with E-state index in [0.717, 1.165) is 25.3 Å². The highest BCUT2D eigenvalue weighted by atomic mass is 16.2. The zero-order chi connectivity index (χ0) is 13.1. The molecule has 0 N–H and O–H groups in total. The first-order chi connectivity index (χ1) is 8.60. The van der Waals surface area contributed by atoms with Gasteiger partial charge in [0.15, 0.2) is 0 Å². The van der Waals surface area contributed by atoms with Crippen LogP contribution >= 0.6 is 0 Å². The highest BCUT2D eigenvalue weighted by Gasteiger charge is 2.19. The van der Waals surface area contributed by atoms with E-state index in [0.29, 0.717) is 5.82 Å². The zero-order valence-electron chi connectivity index (χ0n) is 11.2. The first kappa shape index (κ1) is 12.8. The number of hydrogen-bond acceptors (Lipinski definition) is 3. The van der Waals surface area contributed by atoms with Crippen LogP contribution in [0.2, 0.25) is 0 Å². The molecule has 1 aromatic heterocycles. The van der Waals surface area contributed by atoms with Crippen molar-refractivity contribution in [2.75, 3.05) is 25.0 Å². The largest absolute Gasteiger partial charge is 0.300 e. The number of anilines is 1. The highest BCUT2D eigenvalue weighted by Crippen LogP contribution is 2.18. The summed E-state index contributed by atoms with van der Waals surface area (Å²) >= 11 is 0. The Morgan fingerprint density at radius 3 is 2.83 bits per heavy atom. The summed E-state index contributed by atoms with van der Waals surface area (Å²) in [6, 6.07) is 5.82. The van der Waals surface area contributed by atoms with E-state index in [1.807, 2.05) is 18.2 Å². The Labute approximate surface area is 108 Å². The van der Waals surface area contributed by atoms with Gasteiger partial charge in [0, 0.05) is 33.6 Å². The molecule has 1 fully saturated rings. The van der Waals surface area contributed by atoms with Crippen LogP contribution in [0.3, 0.4) is 0 Å². The molecule has 0 bridgehead atoms. The minimum Gasteiger partial charge on any atom is -0.300 e. The molecular formula is C14H19N3O. The minimum atomic E-state index is -0.000183. The van der Waals surface area contributed by atoms with Gasteiger partial charge in [-0.15, -0.1) is 0 Å². The van der Waals surface area contributed by atoms with Gasteiger partial charge in [0.1, 0.15) is 5.82 Å². The molecule has 0 radical (unpaired) electrons. The number of likely N-dealkylation sites (tertiary alicyclic amines) is 1. The van der Waals surface area contributed by atoms with Crippen molar-refractivity contribution in [3.8, 4) is 0 Å². The Morgan fingerprint density at radius 2 is 2.22 bits per heavy atom. The number of carbonyl (C=O) groups excluding carboxylic acids is 1. The van der Waals surface area contributed by atoms with Gasteiger partial charge in [-0.05, 0) is 24.6 Å². The summed E-state index contributed by atoms with van der Waals surface area (Å²) in [6.07, 6.45) is 2.17. The summed E-state index contributed by atoms with van der Waals surface area (Å²) in [7, 11) is 1.75. The van der Waals surface area contributed by atoms with Crippen molar-refractivity contribution in [2.45, 2.75) is 20.4 Å². The number of nitrogens with zero attached hydrogens (tertiary/aromatic N) is 3. The Kier molecular flexibility index (Phi) is 3.77. The maximum atomic E-state index is 11.3. The van der Waals surface area contributed by atoms with Crippen LogP contribution in [0.25, 0.3) is 0 Å². The molecule has 0 unspecified atom stereocenters. The second-order valence-corrected chi connectivity index (χ2v) is 4.66. The van der Waals surface area contributed by atoms with Crippen LogP contribution in [0.15, 0.2) is 29.8 Å².